The molecule has 0 bridgehead atoms. The van der Waals surface area contributed by atoms with Crippen LogP contribution in [0.1, 0.15) is 19.4 Å². The van der Waals surface area contributed by atoms with Crippen LogP contribution in [0.4, 0.5) is 11.8 Å². The number of nitrogen functional groups attached to an aromatic ring is 1. The van der Waals surface area contributed by atoms with Crippen LogP contribution in [0.25, 0.3) is 0 Å². The number of nitrogens with two attached hydrogens (primary N) is 1. The summed E-state index contributed by atoms with van der Waals surface area (Å²) in [4.78, 5) is 44.0. The van der Waals surface area contributed by atoms with Crippen molar-refractivity contribution in [3.63, 3.8) is 0 Å². The summed E-state index contributed by atoms with van der Waals surface area (Å²) in [6.45, 7) is 7.60. The third-order valence-corrected chi connectivity index (χ3v) is 7.76. The van der Waals surface area contributed by atoms with Gasteiger partial charge in [-0.15, -0.1) is 0 Å². The maximum Gasteiger partial charge on any atom is 0.303 e. The van der Waals surface area contributed by atoms with E-state index in [1.54, 1.807) is 19.1 Å². The summed E-state index contributed by atoms with van der Waals surface area (Å²) >= 11 is 0.979. The second-order valence-electron chi connectivity index (χ2n) is 8.24. The van der Waals surface area contributed by atoms with Crippen molar-refractivity contribution in [2.75, 3.05) is 17.2 Å². The first-order valence-corrected chi connectivity index (χ1v) is 13.1. The molecule has 2 aromatic rings. The summed E-state index contributed by atoms with van der Waals surface area (Å²) in [5, 5.41) is 0.272. The minimum absolute atomic E-state index is 0.0756. The third kappa shape index (κ3) is 5.49. The highest BCUT2D eigenvalue weighted by atomic mass is 32.2. The van der Waals surface area contributed by atoms with Gasteiger partial charge in [-0.2, -0.15) is 13.4 Å². The van der Waals surface area contributed by atoms with E-state index < -0.39 is 58.8 Å². The molecule has 15 heteroatoms. The molecule has 2 aliphatic rings. The summed E-state index contributed by atoms with van der Waals surface area (Å²) in [7, 11) is -4.38. The Balaban J connectivity index is 1.76. The quantitative estimate of drug-likeness (QED) is 0.368. The van der Waals surface area contributed by atoms with E-state index in [1.165, 1.54) is 24.0 Å². The summed E-state index contributed by atoms with van der Waals surface area (Å²) in [6, 6.07) is 5.93. The lowest BCUT2D eigenvalue weighted by molar-refractivity contribution is -0.152. The summed E-state index contributed by atoms with van der Waals surface area (Å²) in [5.74, 6) is -1.52. The van der Waals surface area contributed by atoms with Gasteiger partial charge in [0.1, 0.15) is 23.7 Å². The van der Waals surface area contributed by atoms with Crippen LogP contribution in [-0.2, 0) is 38.1 Å². The molecule has 1 aromatic heterocycles. The Hall–Kier alpha value is -3.40. The molecule has 1 aromatic carbocycles. The van der Waals surface area contributed by atoms with Crippen LogP contribution in [0.15, 0.2) is 50.5 Å². The number of aryl methyl sites for hydroxylation is 1. The van der Waals surface area contributed by atoms with Crippen LogP contribution in [-0.4, -0.2) is 61.5 Å². The van der Waals surface area contributed by atoms with Crippen LogP contribution in [0.3, 0.4) is 0 Å². The van der Waals surface area contributed by atoms with Crippen LogP contribution in [0.2, 0.25) is 0 Å². The van der Waals surface area contributed by atoms with E-state index in [2.05, 4.69) is 16.5 Å². The molecule has 198 valence electrons. The average molecular weight is 553 g/mol. The number of carbonyl (C=O) groups is 2. The third-order valence-electron chi connectivity index (χ3n) is 5.43. The Morgan fingerprint density at radius 3 is 2.51 bits per heavy atom. The van der Waals surface area contributed by atoms with Crippen molar-refractivity contribution in [1.82, 2.24) is 9.97 Å². The lowest BCUT2D eigenvalue weighted by Crippen LogP contribution is -2.46. The zero-order valence-corrected chi connectivity index (χ0v) is 21.6. The van der Waals surface area contributed by atoms with Crippen LogP contribution >= 0.6 is 11.8 Å². The average Bonchev–Trinajstić information content (AvgIpc) is 3.28. The number of ether oxygens (including phenoxy) is 3. The fourth-order valence-corrected chi connectivity index (χ4v) is 5.87. The van der Waals surface area contributed by atoms with Gasteiger partial charge in [0, 0.05) is 13.8 Å². The largest absolute Gasteiger partial charge is 0.463 e. The van der Waals surface area contributed by atoms with Crippen molar-refractivity contribution in [2.45, 2.75) is 55.1 Å². The number of benzene rings is 1. The number of esters is 2. The van der Waals surface area contributed by atoms with Crippen molar-refractivity contribution in [1.29, 1.82) is 0 Å². The molecule has 0 radical (unpaired) electrons. The first-order chi connectivity index (χ1) is 17.4. The second kappa shape index (κ2) is 10.2. The lowest BCUT2D eigenvalue weighted by Gasteiger charge is -2.30. The van der Waals surface area contributed by atoms with Gasteiger partial charge in [-0.05, 0) is 19.1 Å². The van der Waals surface area contributed by atoms with Crippen LogP contribution in [0, 0.1) is 6.92 Å². The Morgan fingerprint density at radius 2 is 1.89 bits per heavy atom. The Kier molecular flexibility index (Phi) is 7.32. The van der Waals surface area contributed by atoms with E-state index in [0.29, 0.717) is 0 Å². The topological polar surface area (TPSA) is 180 Å². The molecule has 1 saturated heterocycles. The van der Waals surface area contributed by atoms with E-state index >= 15 is 0 Å². The Bertz CT molecular complexity index is 1410. The van der Waals surface area contributed by atoms with Gasteiger partial charge in [0.25, 0.3) is 15.7 Å². The Morgan fingerprint density at radius 1 is 1.22 bits per heavy atom. The first-order valence-electron chi connectivity index (χ1n) is 10.9. The van der Waals surface area contributed by atoms with Crippen LogP contribution in [0.5, 0.6) is 0 Å². The fraction of sp³-hybridized carbons (Fsp3) is 0.364. The van der Waals surface area contributed by atoms with E-state index in [0.717, 1.165) is 24.2 Å². The zero-order valence-electron chi connectivity index (χ0n) is 20.0. The number of hydrogen-bond donors (Lipinski definition) is 2. The Labute approximate surface area is 216 Å². The van der Waals surface area contributed by atoms with E-state index in [1.807, 2.05) is 0 Å². The molecule has 4 atom stereocenters. The van der Waals surface area contributed by atoms with Gasteiger partial charge in [-0.1, -0.05) is 36.0 Å². The molecule has 2 aliphatic heterocycles. The molecule has 37 heavy (non-hydrogen) atoms. The number of aromatic nitrogens is 2. The normalized spacial score (nSPS) is 23.1. The number of anilines is 2. The van der Waals surface area contributed by atoms with Crippen molar-refractivity contribution in [2.24, 2.45) is 0 Å². The molecule has 1 fully saturated rings. The SMILES string of the molecule is C=C1Sc2c(nc(N)[nH]c2=O)N1[C@@H]1O[C@H](COC(C)=O)[C@H](OS(=O)(=O)c2ccc(C)cc2)[C@H]1OC(C)=O. The highest BCUT2D eigenvalue weighted by Gasteiger charge is 2.55. The number of hydrogen-bond acceptors (Lipinski definition) is 13. The summed E-state index contributed by atoms with van der Waals surface area (Å²) in [6.07, 6.45) is -5.26. The lowest BCUT2D eigenvalue weighted by atomic mass is 10.1. The van der Waals surface area contributed by atoms with Gasteiger partial charge >= 0.3 is 11.9 Å². The van der Waals surface area contributed by atoms with Gasteiger partial charge in [0.05, 0.1) is 9.92 Å². The first kappa shape index (κ1) is 26.7. The molecule has 13 nitrogen and oxygen atoms in total. The fourth-order valence-electron chi connectivity index (χ4n) is 3.86. The molecule has 4 rings (SSSR count). The van der Waals surface area contributed by atoms with E-state index in [4.69, 9.17) is 24.1 Å². The van der Waals surface area contributed by atoms with Gasteiger partial charge in [-0.25, -0.2) is 0 Å². The monoisotopic (exact) mass is 552 g/mol. The highest BCUT2D eigenvalue weighted by Crippen LogP contribution is 2.46. The number of H-pyrrole nitrogens is 1. The van der Waals surface area contributed by atoms with Crippen molar-refractivity contribution in [3.05, 3.63) is 51.8 Å². The van der Waals surface area contributed by atoms with Crippen LogP contribution < -0.4 is 16.2 Å². The number of nitrogens with one attached hydrogen (secondary N) is 1. The maximum absolute atomic E-state index is 13.2. The summed E-state index contributed by atoms with van der Waals surface area (Å²) < 4.78 is 48.5. The standard InChI is InChI=1S/C22H24N4O9S2/c1-10-5-7-14(8-6-10)37(30,31)35-16-15(9-32-12(3)27)34-21(17(16)33-13(4)28)26-11(2)36-18-19(26)24-22(23)25-20(18)29/h5-8,15-17,21H,2,9H2,1,3-4H3,(H3,23,24,25,29)/t15-,16+,17-,21-/m1/s1. The minimum atomic E-state index is -4.38. The van der Waals surface area contributed by atoms with Gasteiger partial charge in [-0.3, -0.25) is 28.5 Å². The predicted molar refractivity (Wildman–Crippen MR) is 131 cm³/mol. The highest BCUT2D eigenvalue weighted by molar-refractivity contribution is 8.03. The number of thioether (sulfide) groups is 1. The number of nitrogens with zero attached hydrogens (tertiary/aromatic N) is 2. The molecule has 0 unspecified atom stereocenters. The number of aromatic amines is 1. The number of carbonyl (C=O) groups excluding carboxylic acids is 2. The van der Waals surface area contributed by atoms with Crippen molar-refractivity contribution < 1.29 is 36.4 Å². The van der Waals surface area contributed by atoms with Gasteiger partial charge < -0.3 is 19.9 Å². The number of rotatable bonds is 7. The molecular formula is C22H24N4O9S2. The maximum atomic E-state index is 13.2. The predicted octanol–water partition coefficient (Wildman–Crippen LogP) is 1.04. The molecule has 0 aliphatic carbocycles. The molecular weight excluding hydrogens is 528 g/mol. The molecule has 3 heterocycles. The molecule has 0 saturated carbocycles. The summed E-state index contributed by atoms with van der Waals surface area (Å²) in [5.41, 5.74) is 6.04. The molecule has 0 spiro atoms. The number of fused-ring (bicyclic) bond motifs is 1. The van der Waals surface area contributed by atoms with Crippen molar-refractivity contribution >= 4 is 45.6 Å². The molecule has 3 N–H and O–H groups in total. The smallest absolute Gasteiger partial charge is 0.303 e. The van der Waals surface area contributed by atoms with E-state index in [-0.39, 0.29) is 26.6 Å². The van der Waals surface area contributed by atoms with Gasteiger partial charge in [0.2, 0.25) is 5.95 Å². The van der Waals surface area contributed by atoms with Crippen molar-refractivity contribution in [3.8, 4) is 0 Å². The van der Waals surface area contributed by atoms with E-state index in [9.17, 15) is 22.8 Å². The second-order valence-corrected chi connectivity index (χ2v) is 10.9. The zero-order chi connectivity index (χ0) is 27.1. The minimum Gasteiger partial charge on any atom is -0.463 e. The van der Waals surface area contributed by atoms with Gasteiger partial charge in [0.15, 0.2) is 18.1 Å². The molecule has 0 amide bonds.